The topological polar surface area (TPSA) is 81.1 Å². The van der Waals surface area contributed by atoms with Gasteiger partial charge in [0.1, 0.15) is 11.8 Å². The van der Waals surface area contributed by atoms with E-state index in [1.165, 1.54) is 6.08 Å². The van der Waals surface area contributed by atoms with E-state index >= 15 is 0 Å². The van der Waals surface area contributed by atoms with E-state index in [1.807, 2.05) is 78.9 Å². The van der Waals surface area contributed by atoms with Crippen molar-refractivity contribution in [1.29, 1.82) is 0 Å². The number of hydrogen-bond acceptors (Lipinski definition) is 5. The molecule has 2 heterocycles. The molecule has 1 aliphatic heterocycles. The lowest BCUT2D eigenvalue weighted by Crippen LogP contribution is -2.20. The number of carbonyl (C=O) groups excluding carboxylic acids is 1. The van der Waals surface area contributed by atoms with E-state index in [-0.39, 0.29) is 17.9 Å². The summed E-state index contributed by atoms with van der Waals surface area (Å²) in [6.45, 7) is 0. The number of halogens is 1. The molecule has 1 atom stereocenters. The summed E-state index contributed by atoms with van der Waals surface area (Å²) >= 11 is 6.10. The largest absolute Gasteiger partial charge is 0.497 e. The van der Waals surface area contributed by atoms with Gasteiger partial charge in [0, 0.05) is 16.8 Å². The van der Waals surface area contributed by atoms with E-state index in [1.54, 1.807) is 17.9 Å². The quantitative estimate of drug-likeness (QED) is 0.346. The van der Waals surface area contributed by atoms with Crippen LogP contribution in [0.2, 0.25) is 5.02 Å². The molecule has 174 valence electrons. The fourth-order valence-electron chi connectivity index (χ4n) is 3.77. The van der Waals surface area contributed by atoms with Gasteiger partial charge in [0.15, 0.2) is 0 Å². The lowest BCUT2D eigenvalue weighted by molar-refractivity contribution is -0.111. The summed E-state index contributed by atoms with van der Waals surface area (Å²) in [4.78, 5) is 17.1. The van der Waals surface area contributed by atoms with Crippen molar-refractivity contribution in [1.82, 2.24) is 14.8 Å². The molecule has 1 unspecified atom stereocenters. The monoisotopic (exact) mass is 483 g/mol. The number of methoxy groups -OCH3 is 1. The number of benzene rings is 3. The first-order chi connectivity index (χ1) is 17.1. The Balaban J connectivity index is 1.40. The Hall–Kier alpha value is -4.36. The van der Waals surface area contributed by atoms with Crippen molar-refractivity contribution in [2.24, 2.45) is 0 Å². The Morgan fingerprint density at radius 3 is 2.51 bits per heavy atom. The third-order valence-electron chi connectivity index (χ3n) is 5.54. The number of aromatic nitrogens is 3. The highest BCUT2D eigenvalue weighted by Gasteiger charge is 2.25. The Morgan fingerprint density at radius 1 is 1.06 bits per heavy atom. The minimum absolute atomic E-state index is 0.207. The van der Waals surface area contributed by atoms with Gasteiger partial charge in [0.2, 0.25) is 5.95 Å². The van der Waals surface area contributed by atoms with Crippen LogP contribution in [0.3, 0.4) is 0 Å². The molecule has 0 radical (unpaired) electrons. The highest BCUT2D eigenvalue weighted by atomic mass is 35.5. The number of hydrogen-bond donors (Lipinski definition) is 2. The molecule has 5 rings (SSSR count). The molecule has 0 aliphatic carbocycles. The van der Waals surface area contributed by atoms with Gasteiger partial charge >= 0.3 is 0 Å². The van der Waals surface area contributed by atoms with Gasteiger partial charge in [-0.15, -0.1) is 5.10 Å². The normalized spacial score (nSPS) is 14.7. The predicted molar refractivity (Wildman–Crippen MR) is 138 cm³/mol. The van der Waals surface area contributed by atoms with E-state index < -0.39 is 0 Å². The number of anilines is 2. The summed E-state index contributed by atoms with van der Waals surface area (Å²) in [5, 5.41) is 11.3. The van der Waals surface area contributed by atoms with Crippen LogP contribution < -0.4 is 15.4 Å². The summed E-state index contributed by atoms with van der Waals surface area (Å²) in [6, 6.07) is 24.8. The number of nitrogens with zero attached hydrogens (tertiary/aromatic N) is 3. The first-order valence-corrected chi connectivity index (χ1v) is 11.4. The van der Waals surface area contributed by atoms with Crippen LogP contribution in [-0.4, -0.2) is 27.8 Å². The zero-order valence-electron chi connectivity index (χ0n) is 18.9. The van der Waals surface area contributed by atoms with Crippen molar-refractivity contribution in [2.75, 3.05) is 17.7 Å². The average molecular weight is 484 g/mol. The molecule has 0 spiro atoms. The minimum Gasteiger partial charge on any atom is -0.497 e. The van der Waals surface area contributed by atoms with Crippen LogP contribution in [-0.2, 0) is 4.79 Å². The molecule has 0 bridgehead atoms. The number of rotatable bonds is 6. The Labute approximate surface area is 207 Å². The maximum atomic E-state index is 12.5. The van der Waals surface area contributed by atoms with E-state index in [0.717, 1.165) is 28.1 Å². The van der Waals surface area contributed by atoms with Crippen LogP contribution in [0.1, 0.15) is 22.7 Å². The SMILES string of the molecule is COc1ccc(C=CC(=O)Nc2nc3n(n2)C(c2ccc(Cl)cc2)C=C(c2ccccc2)N3)cc1. The second kappa shape index (κ2) is 9.87. The lowest BCUT2D eigenvalue weighted by Gasteiger charge is -2.24. The highest BCUT2D eigenvalue weighted by molar-refractivity contribution is 6.30. The summed E-state index contributed by atoms with van der Waals surface area (Å²) in [7, 11) is 1.61. The van der Waals surface area contributed by atoms with Crippen LogP contribution in [0.4, 0.5) is 11.9 Å². The van der Waals surface area contributed by atoms with E-state index in [9.17, 15) is 4.79 Å². The van der Waals surface area contributed by atoms with Gasteiger partial charge in [-0.3, -0.25) is 10.1 Å². The van der Waals surface area contributed by atoms with Gasteiger partial charge in [-0.2, -0.15) is 4.98 Å². The molecule has 0 fully saturated rings. The number of carbonyl (C=O) groups is 1. The van der Waals surface area contributed by atoms with E-state index in [4.69, 9.17) is 16.3 Å². The average Bonchev–Trinajstić information content (AvgIpc) is 3.30. The smallest absolute Gasteiger partial charge is 0.250 e. The molecule has 1 aliphatic rings. The number of fused-ring (bicyclic) bond motifs is 1. The van der Waals surface area contributed by atoms with Gasteiger partial charge < -0.3 is 10.1 Å². The van der Waals surface area contributed by atoms with Crippen molar-refractivity contribution in [3.8, 4) is 5.75 Å². The van der Waals surface area contributed by atoms with Crippen molar-refractivity contribution in [3.05, 3.63) is 113 Å². The van der Waals surface area contributed by atoms with Crippen molar-refractivity contribution < 1.29 is 9.53 Å². The molecule has 4 aromatic rings. The van der Waals surface area contributed by atoms with Crippen LogP contribution in [0, 0.1) is 0 Å². The number of ether oxygens (including phenoxy) is 1. The molecule has 3 aromatic carbocycles. The Morgan fingerprint density at radius 2 is 1.80 bits per heavy atom. The molecule has 7 nitrogen and oxygen atoms in total. The first kappa shape index (κ1) is 22.4. The fraction of sp³-hybridized carbons (Fsp3) is 0.0741. The summed E-state index contributed by atoms with van der Waals surface area (Å²) < 4.78 is 6.91. The Bertz CT molecular complexity index is 1390. The third kappa shape index (κ3) is 5.10. The minimum atomic E-state index is -0.331. The van der Waals surface area contributed by atoms with Gasteiger partial charge in [0.25, 0.3) is 11.9 Å². The van der Waals surface area contributed by atoms with E-state index in [0.29, 0.717) is 11.0 Å². The molecule has 1 aromatic heterocycles. The third-order valence-corrected chi connectivity index (χ3v) is 5.79. The van der Waals surface area contributed by atoms with E-state index in [2.05, 4.69) is 26.8 Å². The van der Waals surface area contributed by atoms with Crippen LogP contribution in [0.15, 0.2) is 91.0 Å². The zero-order valence-corrected chi connectivity index (χ0v) is 19.6. The number of amides is 1. The second-order valence-electron chi connectivity index (χ2n) is 7.87. The summed E-state index contributed by atoms with van der Waals surface area (Å²) in [5.74, 6) is 1.16. The van der Waals surface area contributed by atoms with Gasteiger partial charge in [-0.1, -0.05) is 66.2 Å². The summed E-state index contributed by atoms with van der Waals surface area (Å²) in [5.41, 5.74) is 3.79. The summed E-state index contributed by atoms with van der Waals surface area (Å²) in [6.07, 6.45) is 5.24. The molecule has 0 saturated heterocycles. The molecule has 8 heteroatoms. The molecule has 2 N–H and O–H groups in total. The molecule has 35 heavy (non-hydrogen) atoms. The van der Waals surface area contributed by atoms with Crippen LogP contribution >= 0.6 is 11.6 Å². The highest BCUT2D eigenvalue weighted by Crippen LogP contribution is 2.33. The van der Waals surface area contributed by atoms with Gasteiger partial charge in [-0.25, -0.2) is 4.68 Å². The van der Waals surface area contributed by atoms with Crippen molar-refractivity contribution in [2.45, 2.75) is 6.04 Å². The predicted octanol–water partition coefficient (Wildman–Crippen LogP) is 5.65. The molecule has 0 saturated carbocycles. The van der Waals surface area contributed by atoms with Crippen molar-refractivity contribution >= 4 is 41.2 Å². The van der Waals surface area contributed by atoms with Crippen LogP contribution in [0.25, 0.3) is 11.8 Å². The number of nitrogens with one attached hydrogen (secondary N) is 2. The first-order valence-electron chi connectivity index (χ1n) is 11.0. The standard InChI is InChI=1S/C27H22ClN5O2/c1-35-22-14-7-18(8-15-22)9-16-25(34)30-26-31-27-29-23(19-5-3-2-4-6-19)17-24(33(27)32-26)20-10-12-21(28)13-11-20/h2-17,24H,1H3,(H2,29,30,31,32,34). The van der Waals surface area contributed by atoms with Crippen LogP contribution in [0.5, 0.6) is 5.75 Å². The zero-order chi connectivity index (χ0) is 24.2. The molecular formula is C27H22ClN5O2. The molecule has 1 amide bonds. The van der Waals surface area contributed by atoms with Gasteiger partial charge in [-0.05, 0) is 53.1 Å². The molecular weight excluding hydrogens is 462 g/mol. The maximum absolute atomic E-state index is 12.5. The fourth-order valence-corrected chi connectivity index (χ4v) is 3.89. The number of allylic oxidation sites excluding steroid dienone is 1. The lowest BCUT2D eigenvalue weighted by atomic mass is 10.0. The second-order valence-corrected chi connectivity index (χ2v) is 8.30. The van der Waals surface area contributed by atoms with Gasteiger partial charge in [0.05, 0.1) is 7.11 Å². The maximum Gasteiger partial charge on any atom is 0.250 e. The Kier molecular flexibility index (Phi) is 6.32. The van der Waals surface area contributed by atoms with Crippen molar-refractivity contribution in [3.63, 3.8) is 0 Å².